The maximum absolute atomic E-state index is 13.2. The minimum atomic E-state index is 0.0489. The summed E-state index contributed by atoms with van der Waals surface area (Å²) in [6, 6.07) is 14.0. The fourth-order valence-electron chi connectivity index (χ4n) is 5.17. The molecule has 0 aromatic heterocycles. The van der Waals surface area contributed by atoms with E-state index in [4.69, 9.17) is 14.2 Å². The number of nitrogens with zero attached hydrogens (tertiary/aromatic N) is 2. The predicted molar refractivity (Wildman–Crippen MR) is 134 cm³/mol. The zero-order valence-corrected chi connectivity index (χ0v) is 20.6. The molecule has 2 saturated heterocycles. The topological polar surface area (TPSA) is 51.2 Å². The van der Waals surface area contributed by atoms with Crippen LogP contribution in [0.4, 0.5) is 0 Å². The van der Waals surface area contributed by atoms with Crippen LogP contribution in [0.25, 0.3) is 0 Å². The average molecular weight is 467 g/mol. The van der Waals surface area contributed by atoms with Crippen molar-refractivity contribution in [3.05, 3.63) is 53.6 Å². The predicted octanol–water partition coefficient (Wildman–Crippen LogP) is 4.98. The standard InChI is InChI=1S/C28H38N2O4/c1-32-23-12-13-28(33-2)25(20-23)27(31)21-30-17-7-11-26(30)22-9-6-10-24(19-22)34-18-8-16-29-14-4-3-5-15-29/h6,9-10,12-13,19-20,26H,3-5,7-8,11,14-18,21H2,1-2H3. The van der Waals surface area contributed by atoms with Crippen LogP contribution >= 0.6 is 0 Å². The van der Waals surface area contributed by atoms with Crippen LogP contribution in [0.1, 0.15) is 60.5 Å². The molecule has 0 saturated carbocycles. The van der Waals surface area contributed by atoms with Gasteiger partial charge in [-0.25, -0.2) is 0 Å². The Morgan fingerprint density at radius 1 is 0.941 bits per heavy atom. The van der Waals surface area contributed by atoms with E-state index >= 15 is 0 Å². The summed E-state index contributed by atoms with van der Waals surface area (Å²) in [4.78, 5) is 18.0. The number of ether oxygens (including phenoxy) is 3. The molecule has 2 aromatic carbocycles. The van der Waals surface area contributed by atoms with Gasteiger partial charge in [-0.3, -0.25) is 9.69 Å². The Morgan fingerprint density at radius 2 is 1.79 bits per heavy atom. The molecule has 2 aromatic rings. The lowest BCUT2D eigenvalue weighted by Gasteiger charge is -2.26. The second-order valence-corrected chi connectivity index (χ2v) is 9.29. The zero-order chi connectivity index (χ0) is 23.8. The quantitative estimate of drug-likeness (QED) is 0.344. The minimum absolute atomic E-state index is 0.0489. The van der Waals surface area contributed by atoms with Gasteiger partial charge in [0, 0.05) is 12.6 Å². The van der Waals surface area contributed by atoms with Gasteiger partial charge in [-0.05, 0) is 87.6 Å². The summed E-state index contributed by atoms with van der Waals surface area (Å²) >= 11 is 0. The van der Waals surface area contributed by atoms with E-state index in [0.29, 0.717) is 23.6 Å². The van der Waals surface area contributed by atoms with Crippen molar-refractivity contribution in [1.29, 1.82) is 0 Å². The molecule has 0 amide bonds. The van der Waals surface area contributed by atoms with E-state index in [-0.39, 0.29) is 11.8 Å². The highest BCUT2D eigenvalue weighted by Gasteiger charge is 2.29. The first-order chi connectivity index (χ1) is 16.7. The molecule has 0 radical (unpaired) electrons. The van der Waals surface area contributed by atoms with Crippen molar-refractivity contribution < 1.29 is 19.0 Å². The summed E-state index contributed by atoms with van der Waals surface area (Å²) in [6.45, 7) is 5.58. The highest BCUT2D eigenvalue weighted by molar-refractivity contribution is 6.00. The van der Waals surface area contributed by atoms with Crippen LogP contribution in [-0.2, 0) is 0 Å². The molecule has 0 spiro atoms. The molecule has 0 aliphatic carbocycles. The van der Waals surface area contributed by atoms with Gasteiger partial charge in [-0.15, -0.1) is 0 Å². The zero-order valence-electron chi connectivity index (χ0n) is 20.6. The van der Waals surface area contributed by atoms with Crippen LogP contribution in [0.15, 0.2) is 42.5 Å². The van der Waals surface area contributed by atoms with E-state index in [1.165, 1.54) is 37.9 Å². The number of methoxy groups -OCH3 is 2. The Kier molecular flexibility index (Phi) is 8.83. The lowest BCUT2D eigenvalue weighted by atomic mass is 10.0. The third-order valence-corrected chi connectivity index (χ3v) is 7.00. The average Bonchev–Trinajstić information content (AvgIpc) is 3.35. The maximum Gasteiger partial charge on any atom is 0.180 e. The minimum Gasteiger partial charge on any atom is -0.497 e. The van der Waals surface area contributed by atoms with Gasteiger partial charge < -0.3 is 19.1 Å². The molecule has 2 fully saturated rings. The van der Waals surface area contributed by atoms with E-state index < -0.39 is 0 Å². The van der Waals surface area contributed by atoms with E-state index in [0.717, 1.165) is 44.7 Å². The fraction of sp³-hybridized carbons (Fsp3) is 0.536. The third kappa shape index (κ3) is 6.30. The smallest absolute Gasteiger partial charge is 0.180 e. The van der Waals surface area contributed by atoms with Crippen molar-refractivity contribution in [2.45, 2.75) is 44.6 Å². The van der Waals surface area contributed by atoms with Crippen molar-refractivity contribution in [3.8, 4) is 17.2 Å². The lowest BCUT2D eigenvalue weighted by Crippen LogP contribution is -2.31. The number of carbonyl (C=O) groups excluding carboxylic acids is 1. The summed E-state index contributed by atoms with van der Waals surface area (Å²) in [6.07, 6.45) is 7.20. The second-order valence-electron chi connectivity index (χ2n) is 9.29. The van der Waals surface area contributed by atoms with Crippen molar-refractivity contribution in [1.82, 2.24) is 9.80 Å². The Morgan fingerprint density at radius 3 is 2.59 bits per heavy atom. The maximum atomic E-state index is 13.2. The van der Waals surface area contributed by atoms with Crippen molar-refractivity contribution in [2.24, 2.45) is 0 Å². The lowest BCUT2D eigenvalue weighted by molar-refractivity contribution is 0.0918. The number of benzene rings is 2. The van der Waals surface area contributed by atoms with Crippen LogP contribution in [0.3, 0.4) is 0 Å². The summed E-state index contributed by atoms with van der Waals surface area (Å²) in [5, 5.41) is 0. The third-order valence-electron chi connectivity index (χ3n) is 7.00. The van der Waals surface area contributed by atoms with Crippen LogP contribution in [-0.4, -0.2) is 69.1 Å². The number of hydrogen-bond acceptors (Lipinski definition) is 6. The number of hydrogen-bond donors (Lipinski definition) is 0. The summed E-state index contributed by atoms with van der Waals surface area (Å²) in [7, 11) is 3.20. The van der Waals surface area contributed by atoms with E-state index in [1.54, 1.807) is 26.4 Å². The molecular formula is C28H38N2O4. The summed E-state index contributed by atoms with van der Waals surface area (Å²) in [5.74, 6) is 2.21. The van der Waals surface area contributed by atoms with Gasteiger partial charge in [0.05, 0.1) is 32.9 Å². The Bertz CT molecular complexity index is 942. The molecule has 2 heterocycles. The SMILES string of the molecule is COc1ccc(OC)c(C(=O)CN2CCCC2c2cccc(OCCCN3CCCCC3)c2)c1. The molecule has 0 bridgehead atoms. The number of ketones is 1. The Labute approximate surface area is 203 Å². The fourth-order valence-corrected chi connectivity index (χ4v) is 5.17. The molecular weight excluding hydrogens is 428 g/mol. The molecule has 2 aliphatic heterocycles. The first kappa shape index (κ1) is 24.6. The number of piperidine rings is 1. The molecule has 1 unspecified atom stereocenters. The van der Waals surface area contributed by atoms with Gasteiger partial charge >= 0.3 is 0 Å². The van der Waals surface area contributed by atoms with Crippen molar-refractivity contribution >= 4 is 5.78 Å². The molecule has 0 N–H and O–H groups in total. The normalized spacial score (nSPS) is 19.2. The highest BCUT2D eigenvalue weighted by Crippen LogP contribution is 2.34. The van der Waals surface area contributed by atoms with Gasteiger partial charge in [0.2, 0.25) is 0 Å². The molecule has 6 nitrogen and oxygen atoms in total. The summed E-state index contributed by atoms with van der Waals surface area (Å²) in [5.41, 5.74) is 1.79. The van der Waals surface area contributed by atoms with Crippen molar-refractivity contribution in [3.63, 3.8) is 0 Å². The molecule has 34 heavy (non-hydrogen) atoms. The monoisotopic (exact) mass is 466 g/mol. The molecule has 2 aliphatic rings. The van der Waals surface area contributed by atoms with Gasteiger partial charge in [0.25, 0.3) is 0 Å². The van der Waals surface area contributed by atoms with Crippen LogP contribution in [0.2, 0.25) is 0 Å². The van der Waals surface area contributed by atoms with Crippen LogP contribution in [0.5, 0.6) is 17.2 Å². The van der Waals surface area contributed by atoms with E-state index in [9.17, 15) is 4.79 Å². The second kappa shape index (κ2) is 12.2. The molecule has 4 rings (SSSR count). The van der Waals surface area contributed by atoms with Gasteiger partial charge in [-0.1, -0.05) is 18.6 Å². The van der Waals surface area contributed by atoms with E-state index in [2.05, 4.69) is 28.0 Å². The Balaban J connectivity index is 1.35. The highest BCUT2D eigenvalue weighted by atomic mass is 16.5. The van der Waals surface area contributed by atoms with Crippen LogP contribution < -0.4 is 14.2 Å². The van der Waals surface area contributed by atoms with Crippen molar-refractivity contribution in [2.75, 3.05) is 53.6 Å². The Hall–Kier alpha value is -2.57. The van der Waals surface area contributed by atoms with Crippen LogP contribution in [0, 0.1) is 0 Å². The van der Waals surface area contributed by atoms with E-state index in [1.807, 2.05) is 12.1 Å². The largest absolute Gasteiger partial charge is 0.497 e. The van der Waals surface area contributed by atoms with Gasteiger partial charge in [-0.2, -0.15) is 0 Å². The number of likely N-dealkylation sites (tertiary alicyclic amines) is 2. The molecule has 1 atom stereocenters. The summed E-state index contributed by atoms with van der Waals surface area (Å²) < 4.78 is 16.8. The van der Waals surface area contributed by atoms with Gasteiger partial charge in [0.1, 0.15) is 17.2 Å². The molecule has 184 valence electrons. The number of carbonyl (C=O) groups is 1. The number of Topliss-reactive ketones (excluding diaryl/α,β-unsaturated/α-hetero) is 1. The number of rotatable bonds is 11. The van der Waals surface area contributed by atoms with Gasteiger partial charge in [0.15, 0.2) is 5.78 Å². The first-order valence-corrected chi connectivity index (χ1v) is 12.6. The first-order valence-electron chi connectivity index (χ1n) is 12.6. The molecule has 6 heteroatoms.